The van der Waals surface area contributed by atoms with Crippen LogP contribution in [0.4, 0.5) is 0 Å². The topological polar surface area (TPSA) is 44.4 Å². The van der Waals surface area contributed by atoms with Crippen LogP contribution < -0.4 is 10.6 Å². The van der Waals surface area contributed by atoms with E-state index in [-0.39, 0.29) is 11.8 Å². The van der Waals surface area contributed by atoms with E-state index in [1.54, 1.807) is 0 Å². The molecular formula is C13H27N3O. The van der Waals surface area contributed by atoms with Crippen molar-refractivity contribution in [2.24, 2.45) is 11.8 Å². The first-order chi connectivity index (χ1) is 8.13. The lowest BCUT2D eigenvalue weighted by Gasteiger charge is -2.30. The van der Waals surface area contributed by atoms with Crippen molar-refractivity contribution in [1.29, 1.82) is 0 Å². The first-order valence-corrected chi connectivity index (χ1v) is 6.78. The molecule has 4 heteroatoms. The number of amides is 1. The van der Waals surface area contributed by atoms with Gasteiger partial charge in [0.25, 0.3) is 0 Å². The number of carbonyl (C=O) groups is 1. The molecule has 1 rings (SSSR count). The predicted octanol–water partition coefficient (Wildman–Crippen LogP) is 0.690. The third kappa shape index (κ3) is 5.50. The fraction of sp³-hybridized carbons (Fsp3) is 0.923. The number of hydrogen-bond acceptors (Lipinski definition) is 3. The molecule has 1 atom stereocenters. The van der Waals surface area contributed by atoms with E-state index in [2.05, 4.69) is 22.5 Å². The van der Waals surface area contributed by atoms with Crippen molar-refractivity contribution in [3.8, 4) is 0 Å². The largest absolute Gasteiger partial charge is 0.355 e. The van der Waals surface area contributed by atoms with Crippen molar-refractivity contribution in [1.82, 2.24) is 15.5 Å². The molecule has 0 aromatic carbocycles. The monoisotopic (exact) mass is 241 g/mol. The molecule has 1 amide bonds. The van der Waals surface area contributed by atoms with Crippen LogP contribution in [0.1, 0.15) is 26.7 Å². The normalized spacial score (nSPS) is 20.2. The Morgan fingerprint density at radius 1 is 1.41 bits per heavy atom. The minimum Gasteiger partial charge on any atom is -0.355 e. The number of rotatable bonds is 6. The van der Waals surface area contributed by atoms with Crippen molar-refractivity contribution in [3.63, 3.8) is 0 Å². The zero-order valence-electron chi connectivity index (χ0n) is 11.5. The van der Waals surface area contributed by atoms with Crippen LogP contribution in [0.2, 0.25) is 0 Å². The summed E-state index contributed by atoms with van der Waals surface area (Å²) in [6, 6.07) is 0. The average Bonchev–Trinajstić information content (AvgIpc) is 2.32. The van der Waals surface area contributed by atoms with E-state index in [0.29, 0.717) is 0 Å². The number of likely N-dealkylation sites (tertiary alicyclic amines) is 1. The molecule has 17 heavy (non-hydrogen) atoms. The van der Waals surface area contributed by atoms with Gasteiger partial charge in [-0.2, -0.15) is 0 Å². The second kappa shape index (κ2) is 7.67. The predicted molar refractivity (Wildman–Crippen MR) is 70.9 cm³/mol. The highest BCUT2D eigenvalue weighted by molar-refractivity contribution is 5.78. The van der Waals surface area contributed by atoms with Crippen LogP contribution in [0.15, 0.2) is 0 Å². The molecule has 0 radical (unpaired) electrons. The van der Waals surface area contributed by atoms with Gasteiger partial charge in [-0.3, -0.25) is 4.79 Å². The summed E-state index contributed by atoms with van der Waals surface area (Å²) < 4.78 is 0. The van der Waals surface area contributed by atoms with Crippen LogP contribution in [-0.2, 0) is 4.79 Å². The van der Waals surface area contributed by atoms with Gasteiger partial charge in [0, 0.05) is 25.6 Å². The molecule has 1 fully saturated rings. The van der Waals surface area contributed by atoms with E-state index < -0.39 is 0 Å². The minimum atomic E-state index is 0.0568. The van der Waals surface area contributed by atoms with Crippen molar-refractivity contribution < 1.29 is 4.79 Å². The molecule has 1 aliphatic heterocycles. The Bertz CT molecular complexity index is 225. The Morgan fingerprint density at radius 2 is 2.06 bits per heavy atom. The summed E-state index contributed by atoms with van der Waals surface area (Å²) in [6.45, 7) is 9.15. The quantitative estimate of drug-likeness (QED) is 0.719. The molecule has 0 bridgehead atoms. The zero-order chi connectivity index (χ0) is 12.7. The van der Waals surface area contributed by atoms with Gasteiger partial charge in [-0.25, -0.2) is 0 Å². The van der Waals surface area contributed by atoms with Gasteiger partial charge < -0.3 is 15.5 Å². The highest BCUT2D eigenvalue weighted by atomic mass is 16.1. The van der Waals surface area contributed by atoms with Crippen LogP contribution in [0, 0.1) is 11.8 Å². The summed E-state index contributed by atoms with van der Waals surface area (Å²) in [4.78, 5) is 14.1. The molecular weight excluding hydrogens is 214 g/mol. The summed E-state index contributed by atoms with van der Waals surface area (Å²) in [6.07, 6.45) is 2.59. The molecule has 0 aromatic heterocycles. The summed E-state index contributed by atoms with van der Waals surface area (Å²) in [5.41, 5.74) is 0. The number of hydrogen-bond donors (Lipinski definition) is 2. The number of nitrogens with one attached hydrogen (secondary N) is 2. The Morgan fingerprint density at radius 3 is 2.65 bits per heavy atom. The van der Waals surface area contributed by atoms with Gasteiger partial charge in [-0.15, -0.1) is 0 Å². The summed E-state index contributed by atoms with van der Waals surface area (Å²) >= 11 is 0. The lowest BCUT2D eigenvalue weighted by atomic mass is 9.99. The number of nitrogens with zero attached hydrogens (tertiary/aromatic N) is 1. The molecule has 1 aliphatic rings. The lowest BCUT2D eigenvalue weighted by molar-refractivity contribution is -0.124. The average molecular weight is 241 g/mol. The van der Waals surface area contributed by atoms with E-state index in [4.69, 9.17) is 0 Å². The minimum absolute atomic E-state index is 0.0568. The molecule has 4 nitrogen and oxygen atoms in total. The zero-order valence-corrected chi connectivity index (χ0v) is 11.5. The lowest BCUT2D eigenvalue weighted by Crippen LogP contribution is -2.41. The van der Waals surface area contributed by atoms with Gasteiger partial charge in [0.05, 0.1) is 0 Å². The van der Waals surface area contributed by atoms with Gasteiger partial charge in [-0.05, 0) is 38.9 Å². The first kappa shape index (κ1) is 14.5. The number of piperidine rings is 1. The van der Waals surface area contributed by atoms with Crippen LogP contribution in [0.3, 0.4) is 0 Å². The Kier molecular flexibility index (Phi) is 6.52. The molecule has 1 heterocycles. The van der Waals surface area contributed by atoms with Crippen LogP contribution in [-0.4, -0.2) is 50.6 Å². The molecule has 1 saturated heterocycles. The van der Waals surface area contributed by atoms with E-state index in [9.17, 15) is 4.79 Å². The van der Waals surface area contributed by atoms with Gasteiger partial charge in [-0.1, -0.05) is 13.8 Å². The van der Waals surface area contributed by atoms with Crippen molar-refractivity contribution >= 4 is 5.91 Å². The molecule has 2 N–H and O–H groups in total. The molecule has 100 valence electrons. The highest BCUT2D eigenvalue weighted by Gasteiger charge is 2.16. The van der Waals surface area contributed by atoms with Crippen molar-refractivity contribution in [2.75, 3.05) is 39.8 Å². The van der Waals surface area contributed by atoms with Crippen LogP contribution in [0.5, 0.6) is 0 Å². The molecule has 0 aromatic rings. The Balaban J connectivity index is 2.09. The maximum Gasteiger partial charge on any atom is 0.224 e. The number of carbonyl (C=O) groups excluding carboxylic acids is 1. The summed E-state index contributed by atoms with van der Waals surface area (Å²) in [5.74, 6) is 1.09. The fourth-order valence-corrected chi connectivity index (χ4v) is 2.20. The van der Waals surface area contributed by atoms with Gasteiger partial charge >= 0.3 is 0 Å². The second-order valence-electron chi connectivity index (χ2n) is 5.27. The van der Waals surface area contributed by atoms with Gasteiger partial charge in [0.1, 0.15) is 0 Å². The molecule has 0 saturated carbocycles. The summed E-state index contributed by atoms with van der Waals surface area (Å²) in [5, 5.41) is 6.03. The third-order valence-electron chi connectivity index (χ3n) is 3.56. The third-order valence-corrected chi connectivity index (χ3v) is 3.56. The van der Waals surface area contributed by atoms with Crippen LogP contribution in [0.25, 0.3) is 0 Å². The molecule has 0 aliphatic carbocycles. The first-order valence-electron chi connectivity index (χ1n) is 6.78. The molecule has 0 spiro atoms. The van der Waals surface area contributed by atoms with Crippen molar-refractivity contribution in [2.45, 2.75) is 26.7 Å². The van der Waals surface area contributed by atoms with E-state index >= 15 is 0 Å². The second-order valence-corrected chi connectivity index (χ2v) is 5.27. The highest BCUT2D eigenvalue weighted by Crippen LogP contribution is 2.15. The smallest absolute Gasteiger partial charge is 0.224 e. The maximum atomic E-state index is 11.7. The SMILES string of the molecule is CNCC(C)C(=O)NCCN1CCC(C)CC1. The standard InChI is InChI=1S/C13H27N3O/c1-11-4-7-16(8-5-11)9-6-15-13(17)12(2)10-14-3/h11-12,14H,4-10H2,1-3H3,(H,15,17). The molecule has 1 unspecified atom stereocenters. The summed E-state index contributed by atoms with van der Waals surface area (Å²) in [7, 11) is 1.87. The van der Waals surface area contributed by atoms with Crippen LogP contribution >= 0.6 is 0 Å². The van der Waals surface area contributed by atoms with E-state index in [0.717, 1.165) is 25.6 Å². The van der Waals surface area contributed by atoms with E-state index in [1.807, 2.05) is 14.0 Å². The van der Waals surface area contributed by atoms with Crippen molar-refractivity contribution in [3.05, 3.63) is 0 Å². The fourth-order valence-electron chi connectivity index (χ4n) is 2.20. The Hall–Kier alpha value is -0.610. The maximum absolute atomic E-state index is 11.7. The Labute approximate surface area is 105 Å². The van der Waals surface area contributed by atoms with Gasteiger partial charge in [0.15, 0.2) is 0 Å². The van der Waals surface area contributed by atoms with Gasteiger partial charge in [0.2, 0.25) is 5.91 Å². The van der Waals surface area contributed by atoms with E-state index in [1.165, 1.54) is 25.9 Å².